The van der Waals surface area contributed by atoms with Crippen LogP contribution in [0.2, 0.25) is 5.02 Å². The Kier molecular flexibility index (Phi) is 8.45. The Morgan fingerprint density at radius 2 is 1.53 bits per heavy atom. The predicted octanol–water partition coefficient (Wildman–Crippen LogP) is 6.33. The maximum absolute atomic E-state index is 13.8. The van der Waals surface area contributed by atoms with Gasteiger partial charge in [0.2, 0.25) is 5.91 Å². The Labute approximate surface area is 256 Å². The van der Waals surface area contributed by atoms with E-state index in [1.807, 2.05) is 42.5 Å². The molecule has 8 heteroatoms. The smallest absolute Gasteiger partial charge is 0.265 e. The number of nitrogens with one attached hydrogen (secondary N) is 2. The fourth-order valence-electron chi connectivity index (χ4n) is 6.27. The molecule has 6 rings (SSSR count). The number of nitrogens with zero attached hydrogens (tertiary/aromatic N) is 1. The van der Waals surface area contributed by atoms with Gasteiger partial charge in [0.1, 0.15) is 0 Å². The lowest BCUT2D eigenvalue weighted by molar-refractivity contribution is -0.120. The largest absolute Gasteiger partial charge is 0.384 e. The van der Waals surface area contributed by atoms with Crippen LogP contribution in [0.15, 0.2) is 78.9 Å². The van der Waals surface area contributed by atoms with Gasteiger partial charge in [-0.2, -0.15) is 0 Å². The maximum atomic E-state index is 13.8. The maximum Gasteiger partial charge on any atom is 0.265 e. The number of hydrogen-bond acceptors (Lipinski definition) is 5. The Balaban J connectivity index is 1.18. The van der Waals surface area contributed by atoms with Crippen molar-refractivity contribution in [2.45, 2.75) is 38.6 Å². The van der Waals surface area contributed by atoms with Crippen LogP contribution in [-0.2, 0) is 17.8 Å². The van der Waals surface area contributed by atoms with Gasteiger partial charge in [0.05, 0.1) is 12.1 Å². The summed E-state index contributed by atoms with van der Waals surface area (Å²) in [6.07, 6.45) is 4.77. The van der Waals surface area contributed by atoms with Crippen molar-refractivity contribution in [3.8, 4) is 0 Å². The summed E-state index contributed by atoms with van der Waals surface area (Å²) >= 11 is 5.94. The quantitative estimate of drug-likeness (QED) is 0.196. The van der Waals surface area contributed by atoms with E-state index < -0.39 is 0 Å². The molecule has 43 heavy (non-hydrogen) atoms. The molecule has 2 aliphatic rings. The fraction of sp³-hybridized carbons (Fsp3) is 0.286. The molecule has 220 valence electrons. The third kappa shape index (κ3) is 6.14. The average molecular weight is 595 g/mol. The number of carbonyl (C=O) groups is 3. The summed E-state index contributed by atoms with van der Waals surface area (Å²) in [4.78, 5) is 41.5. The molecule has 7 nitrogen and oxygen atoms in total. The second-order valence-electron chi connectivity index (χ2n) is 11.6. The van der Waals surface area contributed by atoms with Gasteiger partial charge in [0, 0.05) is 45.7 Å². The predicted molar refractivity (Wildman–Crippen MR) is 172 cm³/mol. The topological polar surface area (TPSA) is 105 Å². The van der Waals surface area contributed by atoms with E-state index in [9.17, 15) is 14.4 Å². The van der Waals surface area contributed by atoms with E-state index in [0.717, 1.165) is 42.6 Å². The van der Waals surface area contributed by atoms with Gasteiger partial charge in [-0.1, -0.05) is 48.0 Å². The number of benzene rings is 4. The zero-order valence-electron chi connectivity index (χ0n) is 23.9. The van der Waals surface area contributed by atoms with Gasteiger partial charge in [-0.25, -0.2) is 4.90 Å². The number of anilines is 2. The molecule has 4 aromatic carbocycles. The highest BCUT2D eigenvalue weighted by Crippen LogP contribution is 2.37. The first kappa shape index (κ1) is 28.9. The summed E-state index contributed by atoms with van der Waals surface area (Å²) in [7, 11) is 0. The zero-order valence-corrected chi connectivity index (χ0v) is 24.7. The highest BCUT2D eigenvalue weighted by atomic mass is 35.5. The highest BCUT2D eigenvalue weighted by molar-refractivity contribution is 6.36. The van der Waals surface area contributed by atoms with Crippen molar-refractivity contribution >= 4 is 51.5 Å². The molecule has 0 radical (unpaired) electrons. The molecule has 0 spiro atoms. The van der Waals surface area contributed by atoms with Crippen LogP contribution >= 0.6 is 11.6 Å². The van der Waals surface area contributed by atoms with Crippen molar-refractivity contribution in [3.05, 3.63) is 106 Å². The minimum atomic E-state index is -0.371. The first-order chi connectivity index (χ1) is 20.9. The van der Waals surface area contributed by atoms with Gasteiger partial charge in [-0.05, 0) is 97.7 Å². The average Bonchev–Trinajstić information content (AvgIpc) is 3.03. The van der Waals surface area contributed by atoms with E-state index in [-0.39, 0.29) is 24.1 Å². The molecule has 4 aromatic rings. The standard InChI is InChI=1S/C35H35ClN4O3/c36-26-13-11-24(12-14-26)21-39-32(41)18-25-3-1-4-27(17-25)40-34(42)29-6-2-5-28-31(16-15-30(33(28)29)35(40)43)38-20-23-9-7-22(19-37)8-10-23/h1-6,11-17,22-23,38H,7-10,18-21,37H2,(H,39,41). The van der Waals surface area contributed by atoms with Gasteiger partial charge >= 0.3 is 0 Å². The molecular weight excluding hydrogens is 560 g/mol. The molecule has 0 saturated heterocycles. The molecular formula is C35H35ClN4O3. The summed E-state index contributed by atoms with van der Waals surface area (Å²) in [6, 6.07) is 23.7. The zero-order chi connectivity index (χ0) is 29.9. The van der Waals surface area contributed by atoms with Crippen molar-refractivity contribution in [2.75, 3.05) is 23.3 Å². The number of nitrogens with two attached hydrogens (primary N) is 1. The first-order valence-corrected chi connectivity index (χ1v) is 15.3. The highest BCUT2D eigenvalue weighted by Gasteiger charge is 2.34. The van der Waals surface area contributed by atoms with Gasteiger partial charge in [0.25, 0.3) is 11.8 Å². The molecule has 3 amide bonds. The number of amides is 3. The van der Waals surface area contributed by atoms with Crippen molar-refractivity contribution in [3.63, 3.8) is 0 Å². The summed E-state index contributed by atoms with van der Waals surface area (Å²) in [5, 5.41) is 8.71. The van der Waals surface area contributed by atoms with Crippen LogP contribution in [0.4, 0.5) is 11.4 Å². The molecule has 0 unspecified atom stereocenters. The van der Waals surface area contributed by atoms with E-state index >= 15 is 0 Å². The fourth-order valence-corrected chi connectivity index (χ4v) is 6.39. The van der Waals surface area contributed by atoms with E-state index in [0.29, 0.717) is 51.2 Å². The summed E-state index contributed by atoms with van der Waals surface area (Å²) in [5.41, 5.74) is 9.86. The number of hydrogen-bond donors (Lipinski definition) is 3. The van der Waals surface area contributed by atoms with Gasteiger partial charge < -0.3 is 16.4 Å². The lowest BCUT2D eigenvalue weighted by Gasteiger charge is -2.29. The summed E-state index contributed by atoms with van der Waals surface area (Å²) < 4.78 is 0. The lowest BCUT2D eigenvalue weighted by atomic mass is 9.82. The van der Waals surface area contributed by atoms with E-state index in [1.165, 1.54) is 17.7 Å². The normalized spacial score (nSPS) is 18.1. The minimum absolute atomic E-state index is 0.118. The van der Waals surface area contributed by atoms with Crippen LogP contribution in [0.3, 0.4) is 0 Å². The Morgan fingerprint density at radius 3 is 2.28 bits per heavy atom. The molecule has 1 aliphatic carbocycles. The van der Waals surface area contributed by atoms with E-state index in [2.05, 4.69) is 10.6 Å². The molecule has 0 aromatic heterocycles. The van der Waals surface area contributed by atoms with Crippen LogP contribution in [0.1, 0.15) is 57.5 Å². The molecule has 1 saturated carbocycles. The Hall–Kier alpha value is -4.20. The van der Waals surface area contributed by atoms with Gasteiger partial charge in [-0.3, -0.25) is 14.4 Å². The molecule has 1 aliphatic heterocycles. The number of carbonyl (C=O) groups excluding carboxylic acids is 3. The van der Waals surface area contributed by atoms with Crippen LogP contribution in [0.25, 0.3) is 10.8 Å². The van der Waals surface area contributed by atoms with Crippen molar-refractivity contribution < 1.29 is 14.4 Å². The second kappa shape index (κ2) is 12.6. The molecule has 1 fully saturated rings. The monoisotopic (exact) mass is 594 g/mol. The Morgan fingerprint density at radius 1 is 0.837 bits per heavy atom. The number of halogens is 1. The van der Waals surface area contributed by atoms with Gasteiger partial charge in [0.15, 0.2) is 0 Å². The molecule has 1 heterocycles. The third-order valence-corrected chi connectivity index (χ3v) is 8.98. The Bertz CT molecular complexity index is 1660. The van der Waals surface area contributed by atoms with Crippen molar-refractivity contribution in [1.29, 1.82) is 0 Å². The third-order valence-electron chi connectivity index (χ3n) is 8.72. The SMILES string of the molecule is NCC1CCC(CNc2ccc3c4c(cccc24)C(=O)N(c2cccc(CC(=O)NCc4ccc(Cl)cc4)c2)C3=O)CC1. The summed E-state index contributed by atoms with van der Waals surface area (Å²) in [5.74, 6) is 0.314. The molecule has 4 N–H and O–H groups in total. The second-order valence-corrected chi connectivity index (χ2v) is 12.0. The van der Waals surface area contributed by atoms with Crippen LogP contribution in [0, 0.1) is 11.8 Å². The van der Waals surface area contributed by atoms with E-state index in [1.54, 1.807) is 36.4 Å². The molecule has 0 bridgehead atoms. The lowest BCUT2D eigenvalue weighted by Crippen LogP contribution is -2.40. The van der Waals surface area contributed by atoms with Crippen LogP contribution < -0.4 is 21.3 Å². The van der Waals surface area contributed by atoms with E-state index in [4.69, 9.17) is 17.3 Å². The number of rotatable bonds is 9. The minimum Gasteiger partial charge on any atom is -0.384 e. The van der Waals surface area contributed by atoms with Crippen LogP contribution in [-0.4, -0.2) is 30.8 Å². The number of imide groups is 1. The van der Waals surface area contributed by atoms with Crippen LogP contribution in [0.5, 0.6) is 0 Å². The first-order valence-electron chi connectivity index (χ1n) is 14.9. The van der Waals surface area contributed by atoms with Gasteiger partial charge in [-0.15, -0.1) is 0 Å². The van der Waals surface area contributed by atoms with Crippen molar-refractivity contribution in [1.82, 2.24) is 5.32 Å². The molecule has 0 atom stereocenters. The van der Waals surface area contributed by atoms with Crippen molar-refractivity contribution in [2.24, 2.45) is 17.6 Å². The summed E-state index contributed by atoms with van der Waals surface area (Å²) in [6.45, 7) is 1.99.